The van der Waals surface area contributed by atoms with Gasteiger partial charge in [-0.25, -0.2) is 0 Å². The molecular weight excluding hydrogens is 276 g/mol. The molecule has 0 radical (unpaired) electrons. The van der Waals surface area contributed by atoms with Gasteiger partial charge in [0.05, 0.1) is 5.60 Å². The predicted octanol–water partition coefficient (Wildman–Crippen LogP) is 4.70. The summed E-state index contributed by atoms with van der Waals surface area (Å²) < 4.78 is 0.00311. The second-order valence-corrected chi connectivity index (χ2v) is 7.63. The monoisotopic (exact) mass is 298 g/mol. The maximum atomic E-state index is 11.0. The molecule has 3 rings (SSSR count). The van der Waals surface area contributed by atoms with E-state index in [0.29, 0.717) is 0 Å². The summed E-state index contributed by atoms with van der Waals surface area (Å²) in [7, 11) is 0. The number of hydrogen-bond acceptors (Lipinski definition) is 2. The number of benzene rings is 2. The summed E-state index contributed by atoms with van der Waals surface area (Å²) in [4.78, 5) is 1.26. The van der Waals surface area contributed by atoms with E-state index in [2.05, 4.69) is 48.5 Å². The highest BCUT2D eigenvalue weighted by Crippen LogP contribution is 2.59. The van der Waals surface area contributed by atoms with Gasteiger partial charge in [-0.2, -0.15) is 0 Å². The number of thioether (sulfide) groups is 1. The van der Waals surface area contributed by atoms with Crippen molar-refractivity contribution in [2.75, 3.05) is 0 Å². The van der Waals surface area contributed by atoms with E-state index in [0.717, 1.165) is 25.7 Å². The normalized spacial score (nSPS) is 19.0. The molecular formula is C19H22OS. The Morgan fingerprint density at radius 3 is 2.14 bits per heavy atom. The maximum Gasteiger partial charge on any atom is 0.0772 e. The Labute approximate surface area is 131 Å². The van der Waals surface area contributed by atoms with Crippen LogP contribution in [0.1, 0.15) is 31.7 Å². The lowest BCUT2D eigenvalue weighted by Gasteiger charge is -2.33. The topological polar surface area (TPSA) is 20.2 Å². The minimum Gasteiger partial charge on any atom is -0.389 e. The molecule has 1 nitrogen and oxygen atoms in total. The number of aryl methyl sites for hydroxylation is 1. The van der Waals surface area contributed by atoms with Crippen LogP contribution in [0.4, 0.5) is 0 Å². The van der Waals surface area contributed by atoms with Gasteiger partial charge in [0.1, 0.15) is 0 Å². The van der Waals surface area contributed by atoms with Crippen LogP contribution in [0.25, 0.3) is 0 Å². The summed E-state index contributed by atoms with van der Waals surface area (Å²) in [5, 5.41) is 11.0. The van der Waals surface area contributed by atoms with E-state index in [9.17, 15) is 5.11 Å². The average Bonchev–Trinajstić information content (AvgIpc) is 3.29. The first kappa shape index (κ1) is 14.7. The van der Waals surface area contributed by atoms with E-state index in [-0.39, 0.29) is 4.75 Å². The minimum atomic E-state index is -0.622. The fourth-order valence-corrected chi connectivity index (χ4v) is 4.21. The van der Waals surface area contributed by atoms with E-state index in [1.54, 1.807) is 0 Å². The average molecular weight is 298 g/mol. The van der Waals surface area contributed by atoms with Gasteiger partial charge in [-0.15, -0.1) is 11.8 Å². The second kappa shape index (κ2) is 5.86. The summed E-state index contributed by atoms with van der Waals surface area (Å²) in [5.41, 5.74) is 0.682. The van der Waals surface area contributed by atoms with Gasteiger partial charge in [-0.1, -0.05) is 48.5 Å². The Morgan fingerprint density at radius 1 is 1.00 bits per heavy atom. The standard InChI is InChI=1S/C19H22OS/c1-18(20,13-12-16-8-4-2-5-9-16)19(14-15-19)21-17-10-6-3-7-11-17/h2-11,20H,12-15H2,1H3. The molecule has 1 aliphatic carbocycles. The Bertz CT molecular complexity index is 573. The van der Waals surface area contributed by atoms with Crippen LogP contribution in [0.3, 0.4) is 0 Å². The molecule has 1 fully saturated rings. The first-order valence-electron chi connectivity index (χ1n) is 7.62. The third kappa shape index (κ3) is 3.33. The van der Waals surface area contributed by atoms with E-state index >= 15 is 0 Å². The lowest BCUT2D eigenvalue weighted by atomic mass is 9.91. The molecule has 21 heavy (non-hydrogen) atoms. The van der Waals surface area contributed by atoms with Gasteiger partial charge < -0.3 is 5.11 Å². The Hall–Kier alpha value is -1.25. The molecule has 1 saturated carbocycles. The highest BCUT2D eigenvalue weighted by molar-refractivity contribution is 8.01. The quantitative estimate of drug-likeness (QED) is 0.834. The lowest BCUT2D eigenvalue weighted by molar-refractivity contribution is 0.0411. The van der Waals surface area contributed by atoms with Crippen LogP contribution >= 0.6 is 11.8 Å². The number of rotatable bonds is 6. The summed E-state index contributed by atoms with van der Waals surface area (Å²) in [6.07, 6.45) is 3.96. The van der Waals surface area contributed by atoms with Crippen molar-refractivity contribution in [3.05, 3.63) is 66.2 Å². The van der Waals surface area contributed by atoms with Crippen LogP contribution in [0.5, 0.6) is 0 Å². The molecule has 1 atom stereocenters. The largest absolute Gasteiger partial charge is 0.389 e. The lowest BCUT2D eigenvalue weighted by Crippen LogP contribution is -2.39. The van der Waals surface area contributed by atoms with Crippen molar-refractivity contribution in [3.63, 3.8) is 0 Å². The minimum absolute atomic E-state index is 0.00311. The molecule has 0 aromatic heterocycles. The highest BCUT2D eigenvalue weighted by Gasteiger charge is 2.56. The third-order valence-electron chi connectivity index (χ3n) is 4.49. The Balaban J connectivity index is 1.66. The van der Waals surface area contributed by atoms with Gasteiger partial charge in [-0.3, -0.25) is 0 Å². The molecule has 0 amide bonds. The SMILES string of the molecule is CC(O)(CCc1ccccc1)C1(Sc2ccccc2)CC1. The van der Waals surface area contributed by atoms with Crippen molar-refractivity contribution in [2.24, 2.45) is 0 Å². The van der Waals surface area contributed by atoms with Gasteiger partial charge >= 0.3 is 0 Å². The Kier molecular flexibility index (Phi) is 4.10. The molecule has 0 bridgehead atoms. The van der Waals surface area contributed by atoms with Crippen molar-refractivity contribution in [1.29, 1.82) is 0 Å². The van der Waals surface area contributed by atoms with Crippen molar-refractivity contribution in [3.8, 4) is 0 Å². The van der Waals surface area contributed by atoms with Gasteiger partial charge in [0, 0.05) is 9.64 Å². The predicted molar refractivity (Wildman–Crippen MR) is 89.7 cm³/mol. The number of hydrogen-bond donors (Lipinski definition) is 1. The third-order valence-corrected chi connectivity index (χ3v) is 6.23. The fourth-order valence-electron chi connectivity index (χ4n) is 2.84. The molecule has 0 aliphatic heterocycles. The fraction of sp³-hybridized carbons (Fsp3) is 0.368. The van der Waals surface area contributed by atoms with Crippen LogP contribution in [-0.2, 0) is 6.42 Å². The smallest absolute Gasteiger partial charge is 0.0772 e. The molecule has 0 saturated heterocycles. The zero-order valence-corrected chi connectivity index (χ0v) is 13.3. The maximum absolute atomic E-state index is 11.0. The summed E-state index contributed by atoms with van der Waals surface area (Å²) in [6, 6.07) is 20.9. The first-order chi connectivity index (χ1) is 10.1. The van der Waals surface area contributed by atoms with Gasteiger partial charge in [0.25, 0.3) is 0 Å². The van der Waals surface area contributed by atoms with Crippen LogP contribution in [0.15, 0.2) is 65.6 Å². The van der Waals surface area contributed by atoms with Crippen molar-refractivity contribution >= 4 is 11.8 Å². The summed E-state index contributed by atoms with van der Waals surface area (Å²) >= 11 is 1.85. The van der Waals surface area contributed by atoms with Crippen LogP contribution < -0.4 is 0 Å². The first-order valence-corrected chi connectivity index (χ1v) is 8.43. The molecule has 1 N–H and O–H groups in total. The van der Waals surface area contributed by atoms with E-state index in [1.165, 1.54) is 10.5 Å². The molecule has 1 aliphatic rings. The molecule has 110 valence electrons. The number of aliphatic hydroxyl groups is 1. The molecule has 1 unspecified atom stereocenters. The molecule has 2 heteroatoms. The second-order valence-electron chi connectivity index (χ2n) is 6.17. The van der Waals surface area contributed by atoms with Gasteiger partial charge in [0.2, 0.25) is 0 Å². The van der Waals surface area contributed by atoms with E-state index in [1.807, 2.05) is 30.8 Å². The molecule has 0 heterocycles. The Morgan fingerprint density at radius 2 is 1.57 bits per heavy atom. The van der Waals surface area contributed by atoms with Crippen molar-refractivity contribution in [1.82, 2.24) is 0 Å². The van der Waals surface area contributed by atoms with E-state index < -0.39 is 5.60 Å². The van der Waals surface area contributed by atoms with Crippen molar-refractivity contribution in [2.45, 2.75) is 47.9 Å². The molecule has 2 aromatic rings. The van der Waals surface area contributed by atoms with Crippen LogP contribution in [0.2, 0.25) is 0 Å². The zero-order valence-electron chi connectivity index (χ0n) is 12.5. The van der Waals surface area contributed by atoms with Crippen LogP contribution in [-0.4, -0.2) is 15.5 Å². The van der Waals surface area contributed by atoms with E-state index in [4.69, 9.17) is 0 Å². The summed E-state index contributed by atoms with van der Waals surface area (Å²) in [5.74, 6) is 0. The van der Waals surface area contributed by atoms with Crippen LogP contribution in [0, 0.1) is 0 Å². The zero-order chi connectivity index (χ0) is 14.8. The van der Waals surface area contributed by atoms with Gasteiger partial charge in [0.15, 0.2) is 0 Å². The summed E-state index contributed by atoms with van der Waals surface area (Å²) in [6.45, 7) is 2.01. The van der Waals surface area contributed by atoms with Crippen molar-refractivity contribution < 1.29 is 5.11 Å². The van der Waals surface area contributed by atoms with Gasteiger partial charge in [-0.05, 0) is 50.3 Å². The highest BCUT2D eigenvalue weighted by atomic mass is 32.2. The molecule has 0 spiro atoms. The molecule has 2 aromatic carbocycles.